The molecule has 98 valence electrons. The summed E-state index contributed by atoms with van der Waals surface area (Å²) < 4.78 is 0. The average molecular weight is 248 g/mol. The highest BCUT2D eigenvalue weighted by Crippen LogP contribution is 2.23. The number of hydrogen-bond donors (Lipinski definition) is 2. The van der Waals surface area contributed by atoms with Gasteiger partial charge in [-0.1, -0.05) is 11.6 Å². The van der Waals surface area contributed by atoms with Crippen LogP contribution in [0.2, 0.25) is 0 Å². The summed E-state index contributed by atoms with van der Waals surface area (Å²) in [5, 5.41) is 9.56. The van der Waals surface area contributed by atoms with Crippen molar-refractivity contribution >= 4 is 11.6 Å². The molecule has 1 amide bonds. The van der Waals surface area contributed by atoms with Crippen molar-refractivity contribution in [3.8, 4) is 0 Å². The summed E-state index contributed by atoms with van der Waals surface area (Å²) >= 11 is 0. The van der Waals surface area contributed by atoms with E-state index in [0.717, 1.165) is 12.0 Å². The first-order valence-corrected chi connectivity index (χ1v) is 6.32. The highest BCUT2D eigenvalue weighted by atomic mass is 16.3. The lowest BCUT2D eigenvalue weighted by Gasteiger charge is -2.19. The number of anilines is 1. The quantitative estimate of drug-likeness (QED) is 0.778. The third-order valence-corrected chi connectivity index (χ3v) is 3.63. The van der Waals surface area contributed by atoms with Crippen molar-refractivity contribution < 1.29 is 9.90 Å². The van der Waals surface area contributed by atoms with Gasteiger partial charge in [-0.2, -0.15) is 0 Å². The number of rotatable bonds is 2. The van der Waals surface area contributed by atoms with Crippen molar-refractivity contribution in [1.82, 2.24) is 4.90 Å². The molecule has 0 aromatic heterocycles. The number of amides is 1. The summed E-state index contributed by atoms with van der Waals surface area (Å²) in [6, 6.07) is 5.49. The van der Waals surface area contributed by atoms with Gasteiger partial charge in [-0.25, -0.2) is 0 Å². The van der Waals surface area contributed by atoms with Crippen LogP contribution in [0.3, 0.4) is 0 Å². The van der Waals surface area contributed by atoms with Crippen LogP contribution in [0.4, 0.5) is 5.69 Å². The van der Waals surface area contributed by atoms with Crippen LogP contribution in [0.25, 0.3) is 0 Å². The first-order valence-electron chi connectivity index (χ1n) is 6.32. The van der Waals surface area contributed by atoms with E-state index in [1.807, 2.05) is 19.1 Å². The molecule has 1 heterocycles. The first-order chi connectivity index (χ1) is 8.49. The van der Waals surface area contributed by atoms with Gasteiger partial charge in [0.05, 0.1) is 11.7 Å². The average Bonchev–Trinajstić information content (AvgIpc) is 2.81. The summed E-state index contributed by atoms with van der Waals surface area (Å²) in [6.45, 7) is 5.03. The molecule has 1 aliphatic rings. The van der Waals surface area contributed by atoms with Crippen LogP contribution in [-0.2, 0) is 0 Å². The molecular weight excluding hydrogens is 228 g/mol. The molecule has 2 unspecified atom stereocenters. The molecule has 1 aromatic rings. The zero-order valence-corrected chi connectivity index (χ0v) is 10.9. The molecule has 1 aliphatic heterocycles. The van der Waals surface area contributed by atoms with Crippen LogP contribution >= 0.6 is 0 Å². The van der Waals surface area contributed by atoms with E-state index < -0.39 is 0 Å². The van der Waals surface area contributed by atoms with Crippen LogP contribution in [0.5, 0.6) is 0 Å². The number of aryl methyl sites for hydroxylation is 1. The summed E-state index contributed by atoms with van der Waals surface area (Å²) in [7, 11) is 0. The molecule has 18 heavy (non-hydrogen) atoms. The van der Waals surface area contributed by atoms with Crippen LogP contribution in [0.1, 0.15) is 29.3 Å². The Morgan fingerprint density at radius 2 is 2.28 bits per heavy atom. The van der Waals surface area contributed by atoms with Crippen molar-refractivity contribution in [2.45, 2.75) is 26.4 Å². The Bertz CT molecular complexity index is 457. The molecule has 4 nitrogen and oxygen atoms in total. The van der Waals surface area contributed by atoms with E-state index in [1.165, 1.54) is 0 Å². The molecule has 1 fully saturated rings. The van der Waals surface area contributed by atoms with E-state index in [-0.39, 0.29) is 17.9 Å². The van der Waals surface area contributed by atoms with Crippen LogP contribution in [0, 0.1) is 12.8 Å². The maximum absolute atomic E-state index is 12.4. The minimum Gasteiger partial charge on any atom is -0.398 e. The Kier molecular flexibility index (Phi) is 3.57. The van der Waals surface area contributed by atoms with E-state index in [9.17, 15) is 9.90 Å². The molecule has 2 atom stereocenters. The topological polar surface area (TPSA) is 66.6 Å². The summed E-state index contributed by atoms with van der Waals surface area (Å²) in [5.41, 5.74) is 7.97. The molecule has 0 saturated carbocycles. The third kappa shape index (κ3) is 2.48. The summed E-state index contributed by atoms with van der Waals surface area (Å²) in [5.74, 6) is 0.152. The van der Waals surface area contributed by atoms with Gasteiger partial charge in [-0.3, -0.25) is 4.79 Å². The molecule has 4 heteroatoms. The zero-order valence-electron chi connectivity index (χ0n) is 10.9. The lowest BCUT2D eigenvalue weighted by Crippen LogP contribution is -2.31. The predicted octanol–water partition coefficient (Wildman–Crippen LogP) is 1.42. The SMILES string of the molecule is Cc1ccc(N)c(C(=O)N2CCC(C(C)O)C2)c1. The third-order valence-electron chi connectivity index (χ3n) is 3.63. The Hall–Kier alpha value is -1.55. The summed E-state index contributed by atoms with van der Waals surface area (Å²) in [4.78, 5) is 14.1. The standard InChI is InChI=1S/C14H20N2O2/c1-9-3-4-13(15)12(7-9)14(18)16-6-5-11(8-16)10(2)17/h3-4,7,10-11,17H,5-6,8,15H2,1-2H3. The Balaban J connectivity index is 2.15. The minimum absolute atomic E-state index is 0.0284. The maximum atomic E-state index is 12.4. The molecule has 1 saturated heterocycles. The number of carbonyl (C=O) groups excluding carboxylic acids is 1. The number of hydrogen-bond acceptors (Lipinski definition) is 3. The molecule has 0 radical (unpaired) electrons. The molecular formula is C14H20N2O2. The van der Waals surface area contributed by atoms with Gasteiger partial charge in [0.2, 0.25) is 0 Å². The van der Waals surface area contributed by atoms with Gasteiger partial charge in [0, 0.05) is 24.7 Å². The lowest BCUT2D eigenvalue weighted by atomic mass is 10.0. The monoisotopic (exact) mass is 248 g/mol. The number of nitrogens with two attached hydrogens (primary N) is 1. The normalized spacial score (nSPS) is 21.1. The number of aliphatic hydroxyl groups excluding tert-OH is 1. The number of aliphatic hydroxyl groups is 1. The number of benzene rings is 1. The largest absolute Gasteiger partial charge is 0.398 e. The van der Waals surface area contributed by atoms with E-state index >= 15 is 0 Å². The predicted molar refractivity (Wildman–Crippen MR) is 71.3 cm³/mol. The van der Waals surface area contributed by atoms with Gasteiger partial charge in [-0.15, -0.1) is 0 Å². The molecule has 1 aromatic carbocycles. The maximum Gasteiger partial charge on any atom is 0.255 e. The second-order valence-corrected chi connectivity index (χ2v) is 5.13. The van der Waals surface area contributed by atoms with Crippen LogP contribution in [0.15, 0.2) is 18.2 Å². The Morgan fingerprint density at radius 1 is 1.56 bits per heavy atom. The molecule has 3 N–H and O–H groups in total. The van der Waals surface area contributed by atoms with Gasteiger partial charge >= 0.3 is 0 Å². The van der Waals surface area contributed by atoms with E-state index in [1.54, 1.807) is 17.9 Å². The second kappa shape index (κ2) is 4.98. The molecule has 2 rings (SSSR count). The van der Waals surface area contributed by atoms with Crippen molar-refractivity contribution in [3.05, 3.63) is 29.3 Å². The highest BCUT2D eigenvalue weighted by molar-refractivity contribution is 5.99. The van der Waals surface area contributed by atoms with Crippen LogP contribution < -0.4 is 5.73 Å². The fourth-order valence-electron chi connectivity index (χ4n) is 2.39. The lowest BCUT2D eigenvalue weighted by molar-refractivity contribution is 0.0763. The first kappa shape index (κ1) is 12.9. The zero-order chi connectivity index (χ0) is 13.3. The Labute approximate surface area is 107 Å². The van der Waals surface area contributed by atoms with Crippen LogP contribution in [-0.4, -0.2) is 35.1 Å². The minimum atomic E-state index is -0.363. The molecule has 0 aliphatic carbocycles. The van der Waals surface area contributed by atoms with Gasteiger partial charge < -0.3 is 15.7 Å². The van der Waals surface area contributed by atoms with E-state index in [4.69, 9.17) is 5.73 Å². The second-order valence-electron chi connectivity index (χ2n) is 5.13. The molecule has 0 spiro atoms. The van der Waals surface area contributed by atoms with Crippen molar-refractivity contribution in [3.63, 3.8) is 0 Å². The van der Waals surface area contributed by atoms with Gasteiger partial charge in [0.25, 0.3) is 5.91 Å². The number of nitrogens with zero attached hydrogens (tertiary/aromatic N) is 1. The molecule has 0 bridgehead atoms. The number of nitrogen functional groups attached to an aromatic ring is 1. The smallest absolute Gasteiger partial charge is 0.255 e. The van der Waals surface area contributed by atoms with Gasteiger partial charge in [0.1, 0.15) is 0 Å². The number of carbonyl (C=O) groups is 1. The van der Waals surface area contributed by atoms with Gasteiger partial charge in [0.15, 0.2) is 0 Å². The van der Waals surface area contributed by atoms with Crippen molar-refractivity contribution in [2.75, 3.05) is 18.8 Å². The summed E-state index contributed by atoms with van der Waals surface area (Å²) in [6.07, 6.45) is 0.493. The van der Waals surface area contributed by atoms with Crippen molar-refractivity contribution in [2.24, 2.45) is 5.92 Å². The van der Waals surface area contributed by atoms with E-state index in [2.05, 4.69) is 0 Å². The van der Waals surface area contributed by atoms with E-state index in [0.29, 0.717) is 24.3 Å². The Morgan fingerprint density at radius 3 is 2.89 bits per heavy atom. The fraction of sp³-hybridized carbons (Fsp3) is 0.500. The van der Waals surface area contributed by atoms with Crippen molar-refractivity contribution in [1.29, 1.82) is 0 Å². The fourth-order valence-corrected chi connectivity index (χ4v) is 2.39. The van der Waals surface area contributed by atoms with Gasteiger partial charge in [-0.05, 0) is 32.4 Å². The number of likely N-dealkylation sites (tertiary alicyclic amines) is 1. The highest BCUT2D eigenvalue weighted by Gasteiger charge is 2.30.